The molecule has 11 heteroatoms. The normalized spacial score (nSPS) is 16.2. The Balaban J connectivity index is 1.20. The minimum Gasteiger partial charge on any atom is -0.445 e. The van der Waals surface area contributed by atoms with E-state index in [1.54, 1.807) is 0 Å². The summed E-state index contributed by atoms with van der Waals surface area (Å²) in [4.78, 5) is 54.4. The molecule has 6 rings (SSSR count). The highest BCUT2D eigenvalue weighted by molar-refractivity contribution is 5.87. The number of aliphatic hydroxyl groups is 1. The molecule has 294 valence electrons. The van der Waals surface area contributed by atoms with Crippen molar-refractivity contribution in [3.05, 3.63) is 144 Å². The van der Waals surface area contributed by atoms with Gasteiger partial charge in [-0.05, 0) is 72.6 Å². The number of alkyl carbamates (subject to hydrolysis) is 2. The summed E-state index contributed by atoms with van der Waals surface area (Å²) in [6.07, 6.45) is 2.75. The number of carbonyl (C=O) groups excluding carboxylic acids is 4. The summed E-state index contributed by atoms with van der Waals surface area (Å²) < 4.78 is 11.0. The highest BCUT2D eigenvalue weighted by Gasteiger charge is 2.40. The number of ether oxygens (including phenoxy) is 2. The Morgan fingerprint density at radius 3 is 1.12 bits per heavy atom. The van der Waals surface area contributed by atoms with Crippen molar-refractivity contribution in [1.29, 1.82) is 0 Å². The molecule has 4 atom stereocenters. The van der Waals surface area contributed by atoms with Crippen LogP contribution in [0.25, 0.3) is 0 Å². The number of aliphatic hydroxyl groups excluding tert-OH is 1. The van der Waals surface area contributed by atoms with Crippen molar-refractivity contribution < 1.29 is 33.8 Å². The van der Waals surface area contributed by atoms with Gasteiger partial charge >= 0.3 is 12.2 Å². The Labute approximate surface area is 328 Å². The first-order valence-electron chi connectivity index (χ1n) is 19.6. The van der Waals surface area contributed by atoms with E-state index in [4.69, 9.17) is 9.47 Å². The predicted octanol–water partition coefficient (Wildman–Crippen LogP) is 5.99. The first kappa shape index (κ1) is 40.0. The Morgan fingerprint density at radius 1 is 0.500 bits per heavy atom. The Kier molecular flexibility index (Phi) is 14.5. The highest BCUT2D eigenvalue weighted by Crippen LogP contribution is 2.31. The molecular weight excluding hydrogens is 709 g/mol. The molecule has 2 saturated carbocycles. The molecular formula is C45H52N4O7. The summed E-state index contributed by atoms with van der Waals surface area (Å²) >= 11 is 0. The van der Waals surface area contributed by atoms with Crippen LogP contribution in [0.5, 0.6) is 0 Å². The molecule has 0 aliphatic heterocycles. The second-order valence-electron chi connectivity index (χ2n) is 14.8. The average molecular weight is 761 g/mol. The SMILES string of the molecule is O=C(N[C@H](C(=O)N[C@@H](Cc1ccccc1)C(O)[C@H](Cc1ccccc1)NC(=O)[C@@H](NC(=O)OCc1ccccc1)C1CCC1)C1CCC1)OCc1ccccc1. The number of hydrogen-bond donors (Lipinski definition) is 5. The summed E-state index contributed by atoms with van der Waals surface area (Å²) in [5, 5.41) is 24.0. The number of amides is 4. The molecule has 2 fully saturated rings. The molecule has 2 aliphatic carbocycles. The molecule has 0 radical (unpaired) electrons. The van der Waals surface area contributed by atoms with Crippen molar-refractivity contribution in [3.8, 4) is 0 Å². The molecule has 4 amide bonds. The molecule has 56 heavy (non-hydrogen) atoms. The molecule has 0 heterocycles. The van der Waals surface area contributed by atoms with E-state index >= 15 is 0 Å². The monoisotopic (exact) mass is 760 g/mol. The van der Waals surface area contributed by atoms with E-state index in [-0.39, 0.29) is 37.9 Å². The van der Waals surface area contributed by atoms with Crippen LogP contribution in [-0.2, 0) is 45.1 Å². The van der Waals surface area contributed by atoms with Crippen molar-refractivity contribution in [2.75, 3.05) is 0 Å². The van der Waals surface area contributed by atoms with Gasteiger partial charge in [-0.3, -0.25) is 9.59 Å². The average Bonchev–Trinajstić information content (AvgIpc) is 3.18. The lowest BCUT2D eigenvalue weighted by Crippen LogP contribution is -2.62. The fourth-order valence-corrected chi connectivity index (χ4v) is 7.20. The van der Waals surface area contributed by atoms with Crippen LogP contribution >= 0.6 is 0 Å². The van der Waals surface area contributed by atoms with Crippen LogP contribution in [0.15, 0.2) is 121 Å². The minimum atomic E-state index is -1.28. The molecule has 0 unspecified atom stereocenters. The lowest BCUT2D eigenvalue weighted by Gasteiger charge is -2.37. The van der Waals surface area contributed by atoms with E-state index < -0.39 is 54.3 Å². The van der Waals surface area contributed by atoms with Gasteiger partial charge in [0.2, 0.25) is 11.8 Å². The minimum absolute atomic E-state index is 0.0589. The van der Waals surface area contributed by atoms with Crippen molar-refractivity contribution >= 4 is 24.0 Å². The first-order chi connectivity index (χ1) is 27.3. The van der Waals surface area contributed by atoms with Gasteiger partial charge in [-0.25, -0.2) is 9.59 Å². The zero-order valence-electron chi connectivity index (χ0n) is 31.6. The van der Waals surface area contributed by atoms with E-state index in [0.29, 0.717) is 0 Å². The summed E-state index contributed by atoms with van der Waals surface area (Å²) in [5.74, 6) is -1.06. The largest absolute Gasteiger partial charge is 0.445 e. The summed E-state index contributed by atoms with van der Waals surface area (Å²) in [6, 6.07) is 34.1. The van der Waals surface area contributed by atoms with Crippen LogP contribution in [-0.4, -0.2) is 59.4 Å². The number of carbonyl (C=O) groups is 4. The first-order valence-corrected chi connectivity index (χ1v) is 19.6. The molecule has 11 nitrogen and oxygen atoms in total. The molecule has 4 aromatic rings. The topological polar surface area (TPSA) is 155 Å². The van der Waals surface area contributed by atoms with Crippen LogP contribution in [0.1, 0.15) is 60.8 Å². The molecule has 2 aliphatic rings. The van der Waals surface area contributed by atoms with Gasteiger partial charge in [0.05, 0.1) is 18.2 Å². The van der Waals surface area contributed by atoms with Crippen molar-refractivity contribution in [3.63, 3.8) is 0 Å². The maximum Gasteiger partial charge on any atom is 0.408 e. The van der Waals surface area contributed by atoms with E-state index in [0.717, 1.165) is 60.8 Å². The zero-order chi connectivity index (χ0) is 39.1. The van der Waals surface area contributed by atoms with Crippen molar-refractivity contribution in [2.24, 2.45) is 11.8 Å². The predicted molar refractivity (Wildman–Crippen MR) is 212 cm³/mol. The summed E-state index contributed by atoms with van der Waals surface area (Å²) in [5.41, 5.74) is 3.38. The Bertz CT molecular complexity index is 1700. The van der Waals surface area contributed by atoms with E-state index in [1.165, 1.54) is 0 Å². The molecule has 0 bridgehead atoms. The van der Waals surface area contributed by atoms with Gasteiger partial charge in [-0.1, -0.05) is 134 Å². The summed E-state index contributed by atoms with van der Waals surface area (Å²) in [6.45, 7) is 0.118. The van der Waals surface area contributed by atoms with E-state index in [2.05, 4.69) is 21.3 Å². The van der Waals surface area contributed by atoms with Gasteiger partial charge in [-0.2, -0.15) is 0 Å². The van der Waals surface area contributed by atoms with Gasteiger partial charge in [0.1, 0.15) is 25.3 Å². The maximum absolute atomic E-state index is 14.2. The number of rotatable bonds is 18. The third-order valence-electron chi connectivity index (χ3n) is 10.9. The smallest absolute Gasteiger partial charge is 0.408 e. The van der Waals surface area contributed by atoms with Gasteiger partial charge in [-0.15, -0.1) is 0 Å². The Morgan fingerprint density at radius 2 is 0.821 bits per heavy atom. The number of nitrogens with one attached hydrogen (secondary N) is 4. The van der Waals surface area contributed by atoms with Crippen LogP contribution in [0.4, 0.5) is 9.59 Å². The molecule has 0 spiro atoms. The van der Waals surface area contributed by atoms with Crippen LogP contribution in [0, 0.1) is 11.8 Å². The second-order valence-corrected chi connectivity index (χ2v) is 14.8. The lowest BCUT2D eigenvalue weighted by molar-refractivity contribution is -0.128. The summed E-state index contributed by atoms with van der Waals surface area (Å²) in [7, 11) is 0. The molecule has 0 aromatic heterocycles. The highest BCUT2D eigenvalue weighted by atomic mass is 16.6. The van der Waals surface area contributed by atoms with Crippen LogP contribution in [0.3, 0.4) is 0 Å². The number of hydrogen-bond acceptors (Lipinski definition) is 7. The fraction of sp³-hybridized carbons (Fsp3) is 0.378. The van der Waals surface area contributed by atoms with Gasteiger partial charge in [0.15, 0.2) is 0 Å². The third kappa shape index (κ3) is 11.7. The number of benzene rings is 4. The van der Waals surface area contributed by atoms with Crippen molar-refractivity contribution in [1.82, 2.24) is 21.3 Å². The lowest BCUT2D eigenvalue weighted by atomic mass is 9.79. The quantitative estimate of drug-likeness (QED) is 0.0835. The van der Waals surface area contributed by atoms with Gasteiger partial charge in [0.25, 0.3) is 0 Å². The Hall–Kier alpha value is -5.68. The van der Waals surface area contributed by atoms with Gasteiger partial charge < -0.3 is 35.8 Å². The zero-order valence-corrected chi connectivity index (χ0v) is 31.6. The van der Waals surface area contributed by atoms with E-state index in [1.807, 2.05) is 121 Å². The molecule has 0 saturated heterocycles. The van der Waals surface area contributed by atoms with Crippen LogP contribution in [0.2, 0.25) is 0 Å². The van der Waals surface area contributed by atoms with Crippen molar-refractivity contribution in [2.45, 2.75) is 94.9 Å². The standard InChI is InChI=1S/C45H52N4O7/c50-41(37(27-31-15-5-1-6-16-31)46-42(51)39(35-23-13-24-35)48-44(53)55-29-33-19-9-3-10-20-33)38(28-32-17-7-2-8-18-32)47-43(52)40(36-25-14-26-36)49-45(54)56-30-34-21-11-4-12-22-34/h1-12,15-22,35-41,50H,13-14,23-30H2,(H,46,51)(H,47,52)(H,48,53)(H,49,54)/t37-,38-,39-,40-/m0/s1. The third-order valence-corrected chi connectivity index (χ3v) is 10.9. The maximum atomic E-state index is 14.2. The molecule has 5 N–H and O–H groups in total. The van der Waals surface area contributed by atoms with E-state index in [9.17, 15) is 24.3 Å². The van der Waals surface area contributed by atoms with Crippen LogP contribution < -0.4 is 21.3 Å². The van der Waals surface area contributed by atoms with Gasteiger partial charge in [0, 0.05) is 0 Å². The second kappa shape index (κ2) is 20.3. The fourth-order valence-electron chi connectivity index (χ4n) is 7.20. The molecule has 4 aromatic carbocycles.